The van der Waals surface area contributed by atoms with Crippen LogP contribution in [0.2, 0.25) is 0 Å². The first-order valence-electron chi connectivity index (χ1n) is 8.75. The van der Waals surface area contributed by atoms with Gasteiger partial charge in [-0.15, -0.1) is 0 Å². The van der Waals surface area contributed by atoms with E-state index in [-0.39, 0.29) is 23.0 Å². The van der Waals surface area contributed by atoms with E-state index in [1.54, 1.807) is 18.2 Å². The average molecular weight is 394 g/mol. The van der Waals surface area contributed by atoms with Gasteiger partial charge in [-0.25, -0.2) is 9.18 Å². The number of amides is 3. The number of anilines is 2. The number of aromatic nitrogens is 1. The monoisotopic (exact) mass is 394 g/mol. The van der Waals surface area contributed by atoms with Gasteiger partial charge in [0.2, 0.25) is 0 Å². The lowest BCUT2D eigenvalue weighted by Gasteiger charge is -2.11. The molecule has 0 aliphatic carbocycles. The predicted molar refractivity (Wildman–Crippen MR) is 108 cm³/mol. The number of aryl methyl sites for hydroxylation is 1. The molecule has 3 N–H and O–H groups in total. The Morgan fingerprint density at radius 1 is 1.00 bits per heavy atom. The number of pyridine rings is 1. The normalized spacial score (nSPS) is 10.2. The maximum atomic E-state index is 14.4. The molecular weight excluding hydrogens is 375 g/mol. The van der Waals surface area contributed by atoms with E-state index in [0.29, 0.717) is 11.4 Å². The molecule has 8 heteroatoms. The first kappa shape index (κ1) is 19.8. The fourth-order valence-electron chi connectivity index (χ4n) is 2.53. The minimum atomic E-state index is -0.664. The van der Waals surface area contributed by atoms with Crippen molar-refractivity contribution in [3.8, 4) is 11.5 Å². The van der Waals surface area contributed by atoms with Crippen molar-refractivity contribution < 1.29 is 18.7 Å². The molecule has 0 saturated heterocycles. The zero-order valence-electron chi connectivity index (χ0n) is 15.8. The lowest BCUT2D eigenvalue weighted by molar-refractivity contribution is 0.0958. The van der Waals surface area contributed by atoms with Gasteiger partial charge in [-0.05, 0) is 42.8 Å². The van der Waals surface area contributed by atoms with Gasteiger partial charge in [-0.3, -0.25) is 9.78 Å². The molecule has 1 aromatic heterocycles. The molecule has 0 unspecified atom stereocenters. The van der Waals surface area contributed by atoms with Crippen molar-refractivity contribution in [1.29, 1.82) is 0 Å². The van der Waals surface area contributed by atoms with Crippen LogP contribution in [0.25, 0.3) is 0 Å². The van der Waals surface area contributed by atoms with Crippen LogP contribution < -0.4 is 20.7 Å². The van der Waals surface area contributed by atoms with Gasteiger partial charge in [0, 0.05) is 31.1 Å². The molecule has 29 heavy (non-hydrogen) atoms. The van der Waals surface area contributed by atoms with Gasteiger partial charge in [0.05, 0.1) is 5.69 Å². The van der Waals surface area contributed by atoms with Crippen LogP contribution in [0.4, 0.5) is 20.6 Å². The molecule has 0 bridgehead atoms. The average Bonchev–Trinajstić information content (AvgIpc) is 2.69. The molecular formula is C21H19FN4O3. The molecule has 148 valence electrons. The summed E-state index contributed by atoms with van der Waals surface area (Å²) in [6, 6.07) is 13.7. The highest BCUT2D eigenvalue weighted by Gasteiger charge is 2.11. The zero-order valence-corrected chi connectivity index (χ0v) is 15.8. The Morgan fingerprint density at radius 3 is 2.52 bits per heavy atom. The Labute approximate surface area is 166 Å². The molecule has 3 rings (SSSR count). The standard InChI is InChI=1S/C21H19FN4O3/c1-13-4-3-5-14(10-13)25-21(28)26-18-7-6-15(11-17(18)22)29-16-8-9-24-19(12-16)20(27)23-2/h3-12H,1-2H3,(H,23,27)(H2,25,26,28). The molecule has 1 heterocycles. The third kappa shape index (κ3) is 5.29. The van der Waals surface area contributed by atoms with E-state index in [4.69, 9.17) is 4.74 Å². The number of hydrogen-bond acceptors (Lipinski definition) is 4. The van der Waals surface area contributed by atoms with Gasteiger partial charge in [-0.1, -0.05) is 12.1 Å². The smallest absolute Gasteiger partial charge is 0.323 e. The summed E-state index contributed by atoms with van der Waals surface area (Å²) in [6.45, 7) is 1.90. The fraction of sp³-hybridized carbons (Fsp3) is 0.0952. The first-order chi connectivity index (χ1) is 13.9. The molecule has 0 aliphatic rings. The second-order valence-electron chi connectivity index (χ2n) is 6.15. The summed E-state index contributed by atoms with van der Waals surface area (Å²) >= 11 is 0. The number of carbonyl (C=O) groups excluding carboxylic acids is 2. The van der Waals surface area contributed by atoms with Gasteiger partial charge in [0.25, 0.3) is 5.91 Å². The Bertz CT molecular complexity index is 1060. The van der Waals surface area contributed by atoms with Crippen molar-refractivity contribution >= 4 is 23.3 Å². The summed E-state index contributed by atoms with van der Waals surface area (Å²) in [7, 11) is 1.49. The highest BCUT2D eigenvalue weighted by Crippen LogP contribution is 2.26. The van der Waals surface area contributed by atoms with Crippen LogP contribution in [0, 0.1) is 12.7 Å². The maximum absolute atomic E-state index is 14.4. The number of nitrogens with one attached hydrogen (secondary N) is 3. The van der Waals surface area contributed by atoms with Crippen molar-refractivity contribution in [1.82, 2.24) is 10.3 Å². The van der Waals surface area contributed by atoms with Gasteiger partial charge < -0.3 is 20.7 Å². The van der Waals surface area contributed by atoms with Crippen LogP contribution in [0.1, 0.15) is 16.1 Å². The summed E-state index contributed by atoms with van der Waals surface area (Å²) < 4.78 is 20.0. The third-order valence-corrected chi connectivity index (χ3v) is 3.89. The number of ether oxygens (including phenoxy) is 1. The zero-order chi connectivity index (χ0) is 20.8. The number of carbonyl (C=O) groups is 2. The first-order valence-corrected chi connectivity index (χ1v) is 8.75. The van der Waals surface area contributed by atoms with Crippen molar-refractivity contribution in [3.63, 3.8) is 0 Å². The van der Waals surface area contributed by atoms with Crippen LogP contribution >= 0.6 is 0 Å². The van der Waals surface area contributed by atoms with Crippen molar-refractivity contribution in [2.24, 2.45) is 0 Å². The fourth-order valence-corrected chi connectivity index (χ4v) is 2.53. The van der Waals surface area contributed by atoms with Crippen LogP contribution in [0.15, 0.2) is 60.8 Å². The summed E-state index contributed by atoms with van der Waals surface area (Å²) in [5.41, 5.74) is 1.78. The second-order valence-corrected chi connectivity index (χ2v) is 6.15. The van der Waals surface area contributed by atoms with Crippen LogP contribution in [0.3, 0.4) is 0 Å². The van der Waals surface area contributed by atoms with Crippen molar-refractivity contribution in [2.75, 3.05) is 17.7 Å². The summed E-state index contributed by atoms with van der Waals surface area (Å²) in [5, 5.41) is 7.56. The largest absolute Gasteiger partial charge is 0.457 e. The highest BCUT2D eigenvalue weighted by atomic mass is 19.1. The maximum Gasteiger partial charge on any atom is 0.323 e. The van der Waals surface area contributed by atoms with Crippen LogP contribution in [-0.4, -0.2) is 24.0 Å². The molecule has 0 spiro atoms. The van der Waals surface area contributed by atoms with E-state index in [1.165, 1.54) is 31.4 Å². The SMILES string of the molecule is CNC(=O)c1cc(Oc2ccc(NC(=O)Nc3cccc(C)c3)c(F)c2)ccn1. The third-order valence-electron chi connectivity index (χ3n) is 3.89. The Kier molecular flexibility index (Phi) is 6.03. The van der Waals surface area contributed by atoms with E-state index >= 15 is 0 Å². The van der Waals surface area contributed by atoms with Crippen molar-refractivity contribution in [2.45, 2.75) is 6.92 Å². The Morgan fingerprint density at radius 2 is 1.79 bits per heavy atom. The molecule has 0 radical (unpaired) electrons. The molecule has 2 aromatic carbocycles. The molecule has 7 nitrogen and oxygen atoms in total. The summed E-state index contributed by atoms with van der Waals surface area (Å²) in [6.07, 6.45) is 1.42. The lowest BCUT2D eigenvalue weighted by atomic mass is 10.2. The van der Waals surface area contributed by atoms with Gasteiger partial charge in [-0.2, -0.15) is 0 Å². The minimum Gasteiger partial charge on any atom is -0.457 e. The quantitative estimate of drug-likeness (QED) is 0.601. The van der Waals surface area contributed by atoms with Crippen molar-refractivity contribution in [3.05, 3.63) is 77.9 Å². The van der Waals surface area contributed by atoms with Crippen LogP contribution in [-0.2, 0) is 0 Å². The molecule has 3 amide bonds. The molecule has 3 aromatic rings. The molecule has 0 aliphatic heterocycles. The van der Waals surface area contributed by atoms with Gasteiger partial charge in [0.15, 0.2) is 0 Å². The highest BCUT2D eigenvalue weighted by molar-refractivity contribution is 5.99. The Hall–Kier alpha value is -3.94. The minimum absolute atomic E-state index is 0.00304. The van der Waals surface area contributed by atoms with Crippen LogP contribution in [0.5, 0.6) is 11.5 Å². The number of urea groups is 1. The predicted octanol–water partition coefficient (Wildman–Crippen LogP) is 4.33. The Balaban J connectivity index is 1.67. The topological polar surface area (TPSA) is 92.4 Å². The molecule has 0 atom stereocenters. The number of rotatable bonds is 5. The van der Waals surface area contributed by atoms with E-state index < -0.39 is 11.8 Å². The molecule has 0 fully saturated rings. The summed E-state index contributed by atoms with van der Waals surface area (Å²) in [4.78, 5) is 27.7. The number of nitrogens with zero attached hydrogens (tertiary/aromatic N) is 1. The molecule has 0 saturated carbocycles. The number of halogens is 1. The second kappa shape index (κ2) is 8.83. The van der Waals surface area contributed by atoms with E-state index in [2.05, 4.69) is 20.9 Å². The van der Waals surface area contributed by atoms with Gasteiger partial charge >= 0.3 is 6.03 Å². The van der Waals surface area contributed by atoms with E-state index in [1.807, 2.05) is 19.1 Å². The summed E-state index contributed by atoms with van der Waals surface area (Å²) in [5.74, 6) is -0.486. The van der Waals surface area contributed by atoms with E-state index in [0.717, 1.165) is 11.6 Å². The number of hydrogen-bond donors (Lipinski definition) is 3. The lowest BCUT2D eigenvalue weighted by Crippen LogP contribution is -2.20. The van der Waals surface area contributed by atoms with E-state index in [9.17, 15) is 14.0 Å². The number of benzene rings is 2. The van der Waals surface area contributed by atoms with Gasteiger partial charge in [0.1, 0.15) is 23.0 Å².